The van der Waals surface area contributed by atoms with E-state index in [1.165, 1.54) is 35.6 Å². The molecule has 0 bridgehead atoms. The van der Waals surface area contributed by atoms with Crippen molar-refractivity contribution < 1.29 is 18.7 Å². The van der Waals surface area contributed by atoms with Crippen molar-refractivity contribution in [2.45, 2.75) is 0 Å². The lowest BCUT2D eigenvalue weighted by molar-refractivity contribution is 0.0985. The molecular weight excluding hydrogens is 369 g/mol. The molecule has 0 unspecified atom stereocenters. The number of rotatable bonds is 5. The van der Waals surface area contributed by atoms with Gasteiger partial charge >= 0.3 is 0 Å². The number of aromatic nitrogens is 1. The van der Waals surface area contributed by atoms with Gasteiger partial charge in [0.2, 0.25) is 6.79 Å². The smallest absolute Gasteiger partial charge is 0.260 e. The molecule has 1 aromatic heterocycles. The van der Waals surface area contributed by atoms with E-state index in [9.17, 15) is 9.18 Å². The van der Waals surface area contributed by atoms with Crippen molar-refractivity contribution in [1.82, 2.24) is 9.88 Å². The van der Waals surface area contributed by atoms with Gasteiger partial charge in [-0.3, -0.25) is 9.69 Å². The zero-order chi connectivity index (χ0) is 19.0. The van der Waals surface area contributed by atoms with Crippen LogP contribution in [-0.4, -0.2) is 49.8 Å². The molecule has 0 saturated heterocycles. The van der Waals surface area contributed by atoms with Crippen molar-refractivity contribution in [1.29, 1.82) is 0 Å². The van der Waals surface area contributed by atoms with Gasteiger partial charge in [-0.25, -0.2) is 9.37 Å². The number of halogens is 1. The lowest BCUT2D eigenvalue weighted by Gasteiger charge is -2.22. The van der Waals surface area contributed by atoms with E-state index < -0.39 is 0 Å². The average Bonchev–Trinajstić information content (AvgIpc) is 3.25. The number of ether oxygens (including phenoxy) is 2. The highest BCUT2D eigenvalue weighted by Crippen LogP contribution is 2.40. The topological polar surface area (TPSA) is 54.9 Å². The second kappa shape index (κ2) is 7.13. The quantitative estimate of drug-likeness (QED) is 0.672. The summed E-state index contributed by atoms with van der Waals surface area (Å²) in [6.07, 6.45) is 0. The first-order chi connectivity index (χ1) is 13.0. The Balaban J connectivity index is 1.70. The van der Waals surface area contributed by atoms with E-state index >= 15 is 0 Å². The number of fused-ring (bicyclic) bond motifs is 2. The van der Waals surface area contributed by atoms with Gasteiger partial charge in [-0.1, -0.05) is 11.3 Å². The van der Waals surface area contributed by atoms with Crippen LogP contribution in [0.25, 0.3) is 10.2 Å². The van der Waals surface area contributed by atoms with Crippen molar-refractivity contribution in [2.75, 3.05) is 38.9 Å². The van der Waals surface area contributed by atoms with E-state index in [2.05, 4.69) is 4.98 Å². The van der Waals surface area contributed by atoms with Gasteiger partial charge in [-0.15, -0.1) is 0 Å². The van der Waals surface area contributed by atoms with E-state index in [1.807, 2.05) is 31.1 Å². The Bertz CT molecular complexity index is 947. The molecule has 27 heavy (non-hydrogen) atoms. The van der Waals surface area contributed by atoms with Crippen LogP contribution < -0.4 is 14.4 Å². The van der Waals surface area contributed by atoms with Crippen LogP contribution in [0.5, 0.6) is 11.5 Å². The molecule has 3 aromatic rings. The van der Waals surface area contributed by atoms with Gasteiger partial charge in [0.05, 0.1) is 10.2 Å². The predicted molar refractivity (Wildman–Crippen MR) is 102 cm³/mol. The molecular formula is C19H18FN3O3S. The Morgan fingerprint density at radius 3 is 2.56 bits per heavy atom. The fraction of sp³-hybridized carbons (Fsp3) is 0.263. The summed E-state index contributed by atoms with van der Waals surface area (Å²) in [6.45, 7) is 1.35. The van der Waals surface area contributed by atoms with Crippen LogP contribution in [0.2, 0.25) is 0 Å². The molecule has 1 aliphatic rings. The number of carbonyl (C=O) groups is 1. The largest absolute Gasteiger partial charge is 0.454 e. The van der Waals surface area contributed by atoms with E-state index in [0.717, 1.165) is 10.2 Å². The van der Waals surface area contributed by atoms with E-state index in [-0.39, 0.29) is 18.5 Å². The third kappa shape index (κ3) is 3.58. The maximum absolute atomic E-state index is 13.2. The molecule has 0 saturated carbocycles. The minimum Gasteiger partial charge on any atom is -0.454 e. The number of anilines is 1. The van der Waals surface area contributed by atoms with Crippen LogP contribution in [0.1, 0.15) is 10.4 Å². The summed E-state index contributed by atoms with van der Waals surface area (Å²) in [4.78, 5) is 21.3. The zero-order valence-electron chi connectivity index (χ0n) is 14.9. The van der Waals surface area contributed by atoms with Crippen molar-refractivity contribution in [3.63, 3.8) is 0 Å². The summed E-state index contributed by atoms with van der Waals surface area (Å²) in [5.74, 6) is 0.753. The van der Waals surface area contributed by atoms with Gasteiger partial charge in [0.1, 0.15) is 5.82 Å². The predicted octanol–water partition coefficient (Wildman–Crippen LogP) is 3.37. The molecule has 0 atom stereocenters. The molecule has 0 N–H and O–H groups in total. The molecule has 8 heteroatoms. The first-order valence-corrected chi connectivity index (χ1v) is 9.25. The standard InChI is InChI=1S/C19H18FN3O3S/c1-22(2)7-8-23(18(24)12-3-5-13(20)6-4-12)19-21-14-9-15-16(26-11-25-15)10-17(14)27-19/h3-6,9-10H,7-8,11H2,1-2H3. The normalized spacial score (nSPS) is 12.7. The summed E-state index contributed by atoms with van der Waals surface area (Å²) in [5, 5.41) is 0.588. The van der Waals surface area contributed by atoms with Gasteiger partial charge < -0.3 is 14.4 Å². The summed E-state index contributed by atoms with van der Waals surface area (Å²) in [7, 11) is 3.89. The molecule has 0 spiro atoms. The number of hydrogen-bond donors (Lipinski definition) is 0. The van der Waals surface area contributed by atoms with Crippen LogP contribution in [-0.2, 0) is 0 Å². The van der Waals surface area contributed by atoms with E-state index in [1.54, 1.807) is 4.90 Å². The molecule has 2 heterocycles. The first-order valence-electron chi connectivity index (χ1n) is 8.43. The number of thiazole rings is 1. The van der Waals surface area contributed by atoms with Crippen LogP contribution >= 0.6 is 11.3 Å². The second-order valence-corrected chi connectivity index (χ2v) is 7.45. The molecule has 0 aliphatic carbocycles. The minimum atomic E-state index is -0.374. The Morgan fingerprint density at radius 1 is 1.15 bits per heavy atom. The average molecular weight is 387 g/mol. The van der Waals surface area contributed by atoms with Crippen LogP contribution in [0.3, 0.4) is 0 Å². The van der Waals surface area contributed by atoms with Crippen molar-refractivity contribution in [2.24, 2.45) is 0 Å². The first kappa shape index (κ1) is 17.7. The number of carbonyl (C=O) groups excluding carboxylic acids is 1. The van der Waals surface area contributed by atoms with Crippen molar-refractivity contribution >= 4 is 32.6 Å². The molecule has 2 aromatic carbocycles. The monoisotopic (exact) mass is 387 g/mol. The highest BCUT2D eigenvalue weighted by Gasteiger charge is 2.23. The Labute approximate surface area is 159 Å². The highest BCUT2D eigenvalue weighted by molar-refractivity contribution is 7.22. The van der Waals surface area contributed by atoms with Crippen LogP contribution in [0.4, 0.5) is 9.52 Å². The van der Waals surface area contributed by atoms with Crippen molar-refractivity contribution in [3.05, 3.63) is 47.8 Å². The summed E-state index contributed by atoms with van der Waals surface area (Å²) in [5.41, 5.74) is 1.17. The summed E-state index contributed by atoms with van der Waals surface area (Å²) in [6, 6.07) is 9.26. The Morgan fingerprint density at radius 2 is 1.85 bits per heavy atom. The SMILES string of the molecule is CN(C)CCN(C(=O)c1ccc(F)cc1)c1nc2cc3c(cc2s1)OCO3. The summed E-state index contributed by atoms with van der Waals surface area (Å²) >= 11 is 1.42. The number of amides is 1. The molecule has 1 amide bonds. The lowest BCUT2D eigenvalue weighted by atomic mass is 10.2. The fourth-order valence-corrected chi connectivity index (χ4v) is 3.75. The number of hydrogen-bond acceptors (Lipinski definition) is 6. The molecule has 6 nitrogen and oxygen atoms in total. The second-order valence-electron chi connectivity index (χ2n) is 6.44. The lowest BCUT2D eigenvalue weighted by Crippen LogP contribution is -2.36. The van der Waals surface area contributed by atoms with E-state index in [4.69, 9.17) is 9.47 Å². The van der Waals surface area contributed by atoms with Crippen LogP contribution in [0, 0.1) is 5.82 Å². The van der Waals surface area contributed by atoms with E-state index in [0.29, 0.717) is 35.3 Å². The molecule has 0 radical (unpaired) electrons. The summed E-state index contributed by atoms with van der Waals surface area (Å²) < 4.78 is 24.9. The molecule has 4 rings (SSSR count). The van der Waals surface area contributed by atoms with Gasteiger partial charge in [-0.05, 0) is 38.4 Å². The maximum atomic E-state index is 13.2. The van der Waals surface area contributed by atoms with Crippen LogP contribution in [0.15, 0.2) is 36.4 Å². The number of likely N-dealkylation sites (N-methyl/N-ethyl adjacent to an activating group) is 1. The zero-order valence-corrected chi connectivity index (χ0v) is 15.8. The Hall–Kier alpha value is -2.71. The highest BCUT2D eigenvalue weighted by atomic mass is 32.1. The fourth-order valence-electron chi connectivity index (χ4n) is 2.75. The Kier molecular flexibility index (Phi) is 4.67. The number of nitrogens with zero attached hydrogens (tertiary/aromatic N) is 3. The van der Waals surface area contributed by atoms with Gasteiger partial charge in [0, 0.05) is 30.8 Å². The molecule has 140 valence electrons. The molecule has 1 aliphatic heterocycles. The third-order valence-electron chi connectivity index (χ3n) is 4.21. The van der Waals surface area contributed by atoms with Crippen molar-refractivity contribution in [3.8, 4) is 11.5 Å². The number of benzene rings is 2. The molecule has 0 fully saturated rings. The minimum absolute atomic E-state index is 0.206. The van der Waals surface area contributed by atoms with Gasteiger partial charge in [0.15, 0.2) is 16.6 Å². The maximum Gasteiger partial charge on any atom is 0.260 e. The van der Waals surface area contributed by atoms with Gasteiger partial charge in [-0.2, -0.15) is 0 Å². The third-order valence-corrected chi connectivity index (χ3v) is 5.25. The van der Waals surface area contributed by atoms with Gasteiger partial charge in [0.25, 0.3) is 5.91 Å².